The first-order chi connectivity index (χ1) is 16.1. The van der Waals surface area contributed by atoms with Crippen LogP contribution in [0.2, 0.25) is 0 Å². The van der Waals surface area contributed by atoms with Crippen LogP contribution in [0.1, 0.15) is 44.9 Å². The second-order valence-electron chi connectivity index (χ2n) is 11.2. The number of carbonyl (C=O) groups excluding carboxylic acids is 4. The van der Waals surface area contributed by atoms with Crippen LogP contribution in [0.25, 0.3) is 0 Å². The Balaban J connectivity index is 1.16. The van der Waals surface area contributed by atoms with Crippen LogP contribution in [0.5, 0.6) is 0 Å². The molecule has 6 bridgehead atoms. The molecular formula is C23H28O10S. The van der Waals surface area contributed by atoms with E-state index in [2.05, 4.69) is 0 Å². The highest BCUT2D eigenvalue weighted by Crippen LogP contribution is 2.62. The Morgan fingerprint density at radius 1 is 1.06 bits per heavy atom. The maximum Gasteiger partial charge on any atom is 0.312 e. The molecule has 10 nitrogen and oxygen atoms in total. The van der Waals surface area contributed by atoms with E-state index in [9.17, 15) is 27.6 Å². The van der Waals surface area contributed by atoms with E-state index in [-0.39, 0.29) is 42.5 Å². The number of esters is 3. The molecular weight excluding hydrogens is 468 g/mol. The molecule has 1 heterocycles. The Labute approximate surface area is 196 Å². The van der Waals surface area contributed by atoms with Crippen LogP contribution in [-0.2, 0) is 43.5 Å². The lowest BCUT2D eigenvalue weighted by Gasteiger charge is -2.54. The lowest BCUT2D eigenvalue weighted by Crippen LogP contribution is -2.56. The highest BCUT2D eigenvalue weighted by Gasteiger charge is 2.71. The van der Waals surface area contributed by atoms with Crippen LogP contribution < -0.4 is 0 Å². The zero-order valence-corrected chi connectivity index (χ0v) is 19.4. The number of hydrogen-bond acceptors (Lipinski definition) is 9. The van der Waals surface area contributed by atoms with Crippen LogP contribution in [0.3, 0.4) is 0 Å². The van der Waals surface area contributed by atoms with Gasteiger partial charge in [0.2, 0.25) is 0 Å². The summed E-state index contributed by atoms with van der Waals surface area (Å²) in [6.45, 7) is -0.205. The first-order valence-electron chi connectivity index (χ1n) is 12.1. The summed E-state index contributed by atoms with van der Waals surface area (Å²) in [7, 11) is -4.16. The predicted octanol–water partition coefficient (Wildman–Crippen LogP) is 0.922. The van der Waals surface area contributed by atoms with Gasteiger partial charge in [-0.25, -0.2) is 0 Å². The Hall–Kier alpha value is -2.01. The second-order valence-corrected chi connectivity index (χ2v) is 12.8. The van der Waals surface area contributed by atoms with Gasteiger partial charge in [0.05, 0.1) is 29.6 Å². The minimum Gasteiger partial charge on any atom is -0.465 e. The highest BCUT2D eigenvalue weighted by molar-refractivity contribution is 7.85. The van der Waals surface area contributed by atoms with Gasteiger partial charge < -0.3 is 14.2 Å². The molecule has 11 heteroatoms. The monoisotopic (exact) mass is 496 g/mol. The van der Waals surface area contributed by atoms with Crippen molar-refractivity contribution in [3.8, 4) is 0 Å². The first-order valence-corrected chi connectivity index (χ1v) is 13.7. The molecule has 34 heavy (non-hydrogen) atoms. The molecule has 7 aliphatic rings. The first kappa shape index (κ1) is 22.5. The molecule has 7 unspecified atom stereocenters. The zero-order chi connectivity index (χ0) is 24.0. The van der Waals surface area contributed by atoms with Gasteiger partial charge in [0.15, 0.2) is 0 Å². The number of ether oxygens (including phenoxy) is 3. The largest absolute Gasteiger partial charge is 0.465 e. The van der Waals surface area contributed by atoms with Crippen molar-refractivity contribution in [1.82, 2.24) is 0 Å². The third kappa shape index (κ3) is 3.33. The molecule has 1 saturated heterocycles. The van der Waals surface area contributed by atoms with Crippen molar-refractivity contribution < 1.29 is 46.4 Å². The molecule has 0 aromatic rings. The van der Waals surface area contributed by atoms with Crippen LogP contribution in [0.15, 0.2) is 0 Å². The molecule has 0 spiro atoms. The topological polar surface area (TPSA) is 150 Å². The third-order valence-electron chi connectivity index (χ3n) is 9.28. The molecule has 0 aromatic heterocycles. The molecule has 6 aliphatic carbocycles. The van der Waals surface area contributed by atoms with Crippen LogP contribution in [0.4, 0.5) is 0 Å². The van der Waals surface area contributed by atoms with E-state index in [1.165, 1.54) is 0 Å². The van der Waals surface area contributed by atoms with Crippen molar-refractivity contribution in [2.75, 3.05) is 12.4 Å². The lowest BCUT2D eigenvalue weighted by molar-refractivity contribution is -0.188. The summed E-state index contributed by atoms with van der Waals surface area (Å²) in [5.41, 5.74) is -0.667. The van der Waals surface area contributed by atoms with Gasteiger partial charge in [-0.1, -0.05) is 0 Å². The normalized spacial score (nSPS) is 45.5. The van der Waals surface area contributed by atoms with Crippen molar-refractivity contribution in [3.05, 3.63) is 0 Å². The van der Waals surface area contributed by atoms with Gasteiger partial charge in [0, 0.05) is 23.7 Å². The van der Waals surface area contributed by atoms with Crippen molar-refractivity contribution >= 4 is 33.8 Å². The van der Waals surface area contributed by atoms with E-state index in [4.69, 9.17) is 18.8 Å². The molecule has 6 saturated carbocycles. The fraction of sp³-hybridized carbons (Fsp3) is 0.826. The number of hydrogen-bond donors (Lipinski definition) is 1. The van der Waals surface area contributed by atoms with Gasteiger partial charge in [0.1, 0.15) is 18.0 Å². The maximum atomic E-state index is 13.5. The molecule has 0 aromatic carbocycles. The fourth-order valence-electron chi connectivity index (χ4n) is 8.22. The number of rotatable bonds is 7. The van der Waals surface area contributed by atoms with Gasteiger partial charge in [0.25, 0.3) is 10.1 Å². The predicted molar refractivity (Wildman–Crippen MR) is 111 cm³/mol. The average molecular weight is 497 g/mol. The fourth-order valence-corrected chi connectivity index (χ4v) is 8.71. The summed E-state index contributed by atoms with van der Waals surface area (Å²) in [6.07, 6.45) is 2.63. The van der Waals surface area contributed by atoms with E-state index >= 15 is 0 Å². The van der Waals surface area contributed by atoms with Crippen molar-refractivity contribution in [3.63, 3.8) is 0 Å². The molecule has 7 fully saturated rings. The highest BCUT2D eigenvalue weighted by atomic mass is 32.2. The summed E-state index contributed by atoms with van der Waals surface area (Å²) >= 11 is 0. The van der Waals surface area contributed by atoms with E-state index < -0.39 is 63.2 Å². The molecule has 1 N–H and O–H groups in total. The van der Waals surface area contributed by atoms with E-state index in [1.54, 1.807) is 0 Å². The molecule has 0 radical (unpaired) electrons. The second kappa shape index (κ2) is 7.49. The van der Waals surface area contributed by atoms with Crippen LogP contribution in [-0.4, -0.2) is 61.2 Å². The van der Waals surface area contributed by atoms with Crippen molar-refractivity contribution in [1.29, 1.82) is 0 Å². The summed E-state index contributed by atoms with van der Waals surface area (Å²) in [5, 5.41) is 0. The average Bonchev–Trinajstić information content (AvgIpc) is 3.37. The summed E-state index contributed by atoms with van der Waals surface area (Å²) < 4.78 is 47.4. The number of ketones is 1. The molecule has 8 atom stereocenters. The SMILES string of the molecule is O=C1C2CC3CC1CC(C(=O)OC1C4C[C@H]5C1OC(=O)C5C4C(=O)OCCCS(=O)(=O)O)(C3)C2. The smallest absolute Gasteiger partial charge is 0.312 e. The lowest BCUT2D eigenvalue weighted by atomic mass is 9.49. The van der Waals surface area contributed by atoms with E-state index in [0.29, 0.717) is 25.2 Å². The van der Waals surface area contributed by atoms with Crippen LogP contribution >= 0.6 is 0 Å². The van der Waals surface area contributed by atoms with Gasteiger partial charge in [-0.05, 0) is 50.9 Å². The van der Waals surface area contributed by atoms with Crippen molar-refractivity contribution in [2.45, 2.75) is 57.2 Å². The minimum atomic E-state index is -4.16. The number of carbonyl (C=O) groups is 4. The summed E-state index contributed by atoms with van der Waals surface area (Å²) in [5.74, 6) is -3.56. The van der Waals surface area contributed by atoms with Gasteiger partial charge in [-0.3, -0.25) is 23.7 Å². The van der Waals surface area contributed by atoms with Gasteiger partial charge in [-0.2, -0.15) is 8.42 Å². The minimum absolute atomic E-state index is 0.0632. The molecule has 1 aliphatic heterocycles. The Morgan fingerprint density at radius 3 is 2.44 bits per heavy atom. The summed E-state index contributed by atoms with van der Waals surface area (Å²) in [4.78, 5) is 51.4. The Bertz CT molecular complexity index is 1050. The Morgan fingerprint density at radius 2 is 1.76 bits per heavy atom. The quantitative estimate of drug-likeness (QED) is 0.233. The van der Waals surface area contributed by atoms with Gasteiger partial charge >= 0.3 is 17.9 Å². The number of Topliss-reactive ketones (excluding diaryl/α,β-unsaturated/α-hetero) is 1. The standard InChI is InChI=1S/C23H28O10S/c24-17-11-4-10-5-12(17)9-23(7-10,8-11)22(27)33-19-13-6-14-16(21(26)32-18(14)19)15(13)20(25)31-2-1-3-34(28,29)30/h10-16,18-19H,1-9H2,(H,28,29,30)/t10?,11?,12?,13?,14-,15?,16?,18?,19?,23?/m1/s1. The van der Waals surface area contributed by atoms with E-state index in [1.807, 2.05) is 0 Å². The Kier molecular flexibility index (Phi) is 4.95. The molecule has 0 amide bonds. The third-order valence-corrected chi connectivity index (χ3v) is 10.1. The maximum absolute atomic E-state index is 13.5. The number of fused-ring (bicyclic) bond motifs is 1. The zero-order valence-electron chi connectivity index (χ0n) is 18.6. The van der Waals surface area contributed by atoms with Gasteiger partial charge in [-0.15, -0.1) is 0 Å². The van der Waals surface area contributed by atoms with Crippen molar-refractivity contribution in [2.24, 2.45) is 46.8 Å². The van der Waals surface area contributed by atoms with Crippen LogP contribution in [0, 0.1) is 46.8 Å². The molecule has 7 rings (SSSR count). The molecule has 186 valence electrons. The summed E-state index contributed by atoms with van der Waals surface area (Å²) in [6, 6.07) is 0. The van der Waals surface area contributed by atoms with E-state index in [0.717, 1.165) is 19.3 Å².